The fraction of sp³-hybridized carbons (Fsp3) is 0.643. The summed E-state index contributed by atoms with van der Waals surface area (Å²) in [5.41, 5.74) is 6.81. The average Bonchev–Trinajstić information content (AvgIpc) is 3.16. The molecule has 0 aromatic carbocycles. The minimum atomic E-state index is -3.36. The van der Waals surface area contributed by atoms with E-state index in [9.17, 15) is 8.42 Å². The standard InChI is InChI=1S/C14H20N6O5S/c1-14(2)24-9-7(4-19-26(3,21)22)23-13(10(9)25-14)20-6-18-8-11(15)16-5-17-12(8)20/h5-7,9-10,13,19H,4H2,1-3H3,(H2,15,16,17). The average molecular weight is 384 g/mol. The quantitative estimate of drug-likeness (QED) is 0.704. The number of imidazole rings is 1. The van der Waals surface area contributed by atoms with Gasteiger partial charge in [0.05, 0.1) is 12.6 Å². The van der Waals surface area contributed by atoms with E-state index in [0.29, 0.717) is 11.2 Å². The van der Waals surface area contributed by atoms with Crippen molar-refractivity contribution in [2.45, 2.75) is 44.2 Å². The fourth-order valence-electron chi connectivity index (χ4n) is 3.34. The lowest BCUT2D eigenvalue weighted by atomic mass is 10.1. The lowest BCUT2D eigenvalue weighted by Crippen LogP contribution is -2.39. The number of sulfonamides is 1. The molecular weight excluding hydrogens is 364 g/mol. The Labute approximate surface area is 149 Å². The van der Waals surface area contributed by atoms with Gasteiger partial charge in [0.25, 0.3) is 0 Å². The number of nitrogen functional groups attached to an aromatic ring is 1. The van der Waals surface area contributed by atoms with Gasteiger partial charge in [0, 0.05) is 6.54 Å². The molecule has 0 bridgehead atoms. The van der Waals surface area contributed by atoms with Gasteiger partial charge in [-0.2, -0.15) is 0 Å². The summed E-state index contributed by atoms with van der Waals surface area (Å²) >= 11 is 0. The number of nitrogens with two attached hydrogens (primary N) is 1. The molecule has 2 aliphatic rings. The molecule has 26 heavy (non-hydrogen) atoms. The van der Waals surface area contributed by atoms with Crippen molar-refractivity contribution in [2.24, 2.45) is 0 Å². The van der Waals surface area contributed by atoms with Crippen LogP contribution in [0.1, 0.15) is 20.1 Å². The van der Waals surface area contributed by atoms with Crippen LogP contribution in [0.2, 0.25) is 0 Å². The largest absolute Gasteiger partial charge is 0.382 e. The van der Waals surface area contributed by atoms with E-state index in [4.69, 9.17) is 19.9 Å². The van der Waals surface area contributed by atoms with Crippen LogP contribution >= 0.6 is 0 Å². The van der Waals surface area contributed by atoms with Crippen LogP contribution in [-0.4, -0.2) is 64.8 Å². The summed E-state index contributed by atoms with van der Waals surface area (Å²) in [7, 11) is -3.36. The highest BCUT2D eigenvalue weighted by atomic mass is 32.2. The van der Waals surface area contributed by atoms with Crippen LogP contribution in [0.3, 0.4) is 0 Å². The molecule has 11 nitrogen and oxygen atoms in total. The molecule has 4 unspecified atom stereocenters. The monoisotopic (exact) mass is 384 g/mol. The molecule has 4 atom stereocenters. The smallest absolute Gasteiger partial charge is 0.208 e. The second-order valence-corrected chi connectivity index (χ2v) is 8.67. The van der Waals surface area contributed by atoms with E-state index in [0.717, 1.165) is 6.26 Å². The Balaban J connectivity index is 1.68. The summed E-state index contributed by atoms with van der Waals surface area (Å²) in [6.45, 7) is 3.67. The lowest BCUT2D eigenvalue weighted by molar-refractivity contribution is -0.195. The van der Waals surface area contributed by atoms with Crippen molar-refractivity contribution < 1.29 is 22.6 Å². The molecule has 0 aliphatic carbocycles. The summed E-state index contributed by atoms with van der Waals surface area (Å²) in [4.78, 5) is 12.4. The molecule has 142 valence electrons. The maximum absolute atomic E-state index is 11.4. The maximum atomic E-state index is 11.4. The number of ether oxygens (including phenoxy) is 3. The first-order valence-electron chi connectivity index (χ1n) is 8.03. The molecule has 2 aromatic heterocycles. The minimum absolute atomic E-state index is 0.0691. The summed E-state index contributed by atoms with van der Waals surface area (Å²) in [6, 6.07) is 0. The van der Waals surface area contributed by atoms with Crippen molar-refractivity contribution >= 4 is 27.0 Å². The summed E-state index contributed by atoms with van der Waals surface area (Å²) < 4.78 is 45.1. The normalized spacial score (nSPS) is 30.7. The van der Waals surface area contributed by atoms with E-state index in [1.807, 2.05) is 0 Å². The van der Waals surface area contributed by atoms with Crippen molar-refractivity contribution in [3.63, 3.8) is 0 Å². The van der Waals surface area contributed by atoms with Gasteiger partial charge in [-0.1, -0.05) is 0 Å². The van der Waals surface area contributed by atoms with Crippen LogP contribution in [0.25, 0.3) is 11.2 Å². The molecule has 2 aromatic rings. The van der Waals surface area contributed by atoms with Gasteiger partial charge in [-0.05, 0) is 13.8 Å². The maximum Gasteiger partial charge on any atom is 0.208 e. The Morgan fingerprint density at radius 1 is 1.27 bits per heavy atom. The molecule has 12 heteroatoms. The molecule has 4 rings (SSSR count). The predicted octanol–water partition coefficient (Wildman–Crippen LogP) is -0.625. The van der Waals surface area contributed by atoms with Gasteiger partial charge >= 0.3 is 0 Å². The first-order valence-corrected chi connectivity index (χ1v) is 9.92. The van der Waals surface area contributed by atoms with Crippen molar-refractivity contribution in [1.82, 2.24) is 24.2 Å². The van der Waals surface area contributed by atoms with Gasteiger partial charge in [0.2, 0.25) is 10.0 Å². The Kier molecular flexibility index (Phi) is 3.93. The van der Waals surface area contributed by atoms with Crippen LogP contribution in [-0.2, 0) is 24.2 Å². The molecular formula is C14H20N6O5S. The Morgan fingerprint density at radius 3 is 2.73 bits per heavy atom. The molecule has 0 radical (unpaired) electrons. The summed E-state index contributed by atoms with van der Waals surface area (Å²) in [5.74, 6) is -0.548. The predicted molar refractivity (Wildman–Crippen MR) is 90.3 cm³/mol. The zero-order valence-corrected chi connectivity index (χ0v) is 15.3. The number of nitrogens with zero attached hydrogens (tertiary/aromatic N) is 4. The van der Waals surface area contributed by atoms with Gasteiger partial charge in [0.15, 0.2) is 23.5 Å². The van der Waals surface area contributed by atoms with E-state index in [1.54, 1.807) is 24.7 Å². The Hall–Kier alpha value is -1.86. The Morgan fingerprint density at radius 2 is 2.00 bits per heavy atom. The molecule has 2 saturated heterocycles. The van der Waals surface area contributed by atoms with E-state index in [1.165, 1.54) is 6.33 Å². The number of nitrogens with one attached hydrogen (secondary N) is 1. The van der Waals surface area contributed by atoms with Crippen LogP contribution < -0.4 is 10.5 Å². The van der Waals surface area contributed by atoms with Crippen molar-refractivity contribution in [3.8, 4) is 0 Å². The zero-order chi connectivity index (χ0) is 18.7. The lowest BCUT2D eigenvalue weighted by Gasteiger charge is -2.24. The second-order valence-electron chi connectivity index (χ2n) is 6.83. The number of hydrogen-bond acceptors (Lipinski definition) is 9. The van der Waals surface area contributed by atoms with E-state index >= 15 is 0 Å². The van der Waals surface area contributed by atoms with Crippen molar-refractivity contribution in [3.05, 3.63) is 12.7 Å². The first-order chi connectivity index (χ1) is 12.1. The van der Waals surface area contributed by atoms with Gasteiger partial charge in [-0.15, -0.1) is 0 Å². The van der Waals surface area contributed by atoms with Gasteiger partial charge in [-0.3, -0.25) is 4.57 Å². The highest BCUT2D eigenvalue weighted by Gasteiger charge is 2.56. The minimum Gasteiger partial charge on any atom is -0.382 e. The van der Waals surface area contributed by atoms with Crippen LogP contribution in [0.4, 0.5) is 5.82 Å². The fourth-order valence-corrected chi connectivity index (χ4v) is 3.80. The van der Waals surface area contributed by atoms with E-state index in [-0.39, 0.29) is 12.4 Å². The third-order valence-corrected chi connectivity index (χ3v) is 5.02. The van der Waals surface area contributed by atoms with Crippen LogP contribution in [0, 0.1) is 0 Å². The van der Waals surface area contributed by atoms with E-state index in [2.05, 4.69) is 19.7 Å². The molecule has 2 fully saturated rings. The number of rotatable bonds is 4. The van der Waals surface area contributed by atoms with Crippen molar-refractivity contribution in [1.29, 1.82) is 0 Å². The van der Waals surface area contributed by atoms with E-state index < -0.39 is 40.4 Å². The number of aromatic nitrogens is 4. The molecule has 4 heterocycles. The van der Waals surface area contributed by atoms with Gasteiger partial charge in [0.1, 0.15) is 30.2 Å². The third-order valence-electron chi connectivity index (χ3n) is 4.33. The molecule has 0 spiro atoms. The first kappa shape index (κ1) is 17.5. The summed E-state index contributed by atoms with van der Waals surface area (Å²) in [5, 5.41) is 0. The molecule has 2 aliphatic heterocycles. The number of anilines is 1. The van der Waals surface area contributed by atoms with Crippen LogP contribution in [0.5, 0.6) is 0 Å². The zero-order valence-electron chi connectivity index (χ0n) is 14.5. The summed E-state index contributed by atoms with van der Waals surface area (Å²) in [6.07, 6.45) is 1.98. The van der Waals surface area contributed by atoms with Gasteiger partial charge < -0.3 is 19.9 Å². The highest BCUT2D eigenvalue weighted by molar-refractivity contribution is 7.88. The highest BCUT2D eigenvalue weighted by Crippen LogP contribution is 2.43. The molecule has 3 N–H and O–H groups in total. The van der Waals surface area contributed by atoms with Crippen LogP contribution in [0.15, 0.2) is 12.7 Å². The number of hydrogen-bond donors (Lipinski definition) is 2. The second kappa shape index (κ2) is 5.82. The molecule has 0 saturated carbocycles. The molecule has 0 amide bonds. The third kappa shape index (κ3) is 3.03. The number of fused-ring (bicyclic) bond motifs is 2. The SMILES string of the molecule is CC1(C)OC2C(CNS(C)(=O)=O)OC(n3cnc4c(N)ncnc43)C2O1. The Bertz CT molecular complexity index is 944. The van der Waals surface area contributed by atoms with Crippen molar-refractivity contribution in [2.75, 3.05) is 18.5 Å². The van der Waals surface area contributed by atoms with Gasteiger partial charge in [-0.25, -0.2) is 28.1 Å². The topological polar surface area (TPSA) is 143 Å².